The van der Waals surface area contributed by atoms with E-state index < -0.39 is 11.7 Å². The molecule has 0 aromatic heterocycles. The summed E-state index contributed by atoms with van der Waals surface area (Å²) < 4.78 is 49.0. The van der Waals surface area contributed by atoms with E-state index in [1.165, 1.54) is 12.1 Å². The van der Waals surface area contributed by atoms with Crippen molar-refractivity contribution in [1.82, 2.24) is 5.32 Å². The van der Waals surface area contributed by atoms with Gasteiger partial charge in [0.1, 0.15) is 11.5 Å². The highest BCUT2D eigenvalue weighted by atomic mass is 35.5. The van der Waals surface area contributed by atoms with Gasteiger partial charge < -0.3 is 20.1 Å². The molecule has 0 bridgehead atoms. The molecule has 1 fully saturated rings. The smallest absolute Gasteiger partial charge is 0.416 e. The average molecular weight is 417 g/mol. The number of amides is 1. The van der Waals surface area contributed by atoms with Crippen molar-refractivity contribution in [3.8, 4) is 11.5 Å². The maximum atomic E-state index is 12.7. The maximum absolute atomic E-state index is 12.7. The van der Waals surface area contributed by atoms with Crippen molar-refractivity contribution in [1.29, 1.82) is 0 Å². The van der Waals surface area contributed by atoms with Crippen molar-refractivity contribution in [2.75, 3.05) is 25.1 Å². The second-order valence-corrected chi connectivity index (χ2v) is 6.13. The van der Waals surface area contributed by atoms with Gasteiger partial charge in [-0.2, -0.15) is 13.2 Å². The monoisotopic (exact) mass is 416 g/mol. The van der Waals surface area contributed by atoms with E-state index in [1.807, 2.05) is 0 Å². The predicted molar refractivity (Wildman–Crippen MR) is 101 cm³/mol. The number of morpholine rings is 1. The van der Waals surface area contributed by atoms with Crippen molar-refractivity contribution in [2.45, 2.75) is 18.6 Å². The van der Waals surface area contributed by atoms with Crippen LogP contribution in [0.3, 0.4) is 0 Å². The van der Waals surface area contributed by atoms with Gasteiger partial charge in [-0.05, 0) is 42.5 Å². The first-order valence-electron chi connectivity index (χ1n) is 8.46. The zero-order valence-electron chi connectivity index (χ0n) is 14.8. The molecule has 0 spiro atoms. The number of hydrogen-bond donors (Lipinski definition) is 2. The number of carbonyl (C=O) groups is 1. The first-order valence-corrected chi connectivity index (χ1v) is 8.46. The van der Waals surface area contributed by atoms with Crippen molar-refractivity contribution < 1.29 is 27.4 Å². The van der Waals surface area contributed by atoms with E-state index in [2.05, 4.69) is 10.6 Å². The van der Waals surface area contributed by atoms with E-state index in [0.29, 0.717) is 31.1 Å². The molecular weight excluding hydrogens is 397 g/mol. The second-order valence-electron chi connectivity index (χ2n) is 6.13. The van der Waals surface area contributed by atoms with E-state index in [0.717, 1.165) is 18.7 Å². The van der Waals surface area contributed by atoms with Crippen molar-refractivity contribution in [3.63, 3.8) is 0 Å². The van der Waals surface area contributed by atoms with Crippen LogP contribution >= 0.6 is 12.4 Å². The lowest BCUT2D eigenvalue weighted by Crippen LogP contribution is -2.43. The molecule has 1 unspecified atom stereocenters. The molecule has 3 rings (SSSR count). The van der Waals surface area contributed by atoms with E-state index >= 15 is 0 Å². The standard InChI is InChI=1S/C19H19F3N2O3.ClH/c20-19(21,22)13-2-1-3-17(10-13)27-16-6-4-14(5-7-16)24-18(25)11-15-12-26-9-8-23-15;/h1-7,10,15,23H,8-9,11-12H2,(H,24,25);1H. The van der Waals surface area contributed by atoms with Crippen LogP contribution in [-0.4, -0.2) is 31.7 Å². The fourth-order valence-corrected chi connectivity index (χ4v) is 2.66. The van der Waals surface area contributed by atoms with Gasteiger partial charge in [0.15, 0.2) is 0 Å². The van der Waals surface area contributed by atoms with Gasteiger partial charge in [-0.15, -0.1) is 12.4 Å². The third kappa shape index (κ3) is 6.40. The summed E-state index contributed by atoms with van der Waals surface area (Å²) in [6, 6.07) is 11.1. The highest BCUT2D eigenvalue weighted by molar-refractivity contribution is 5.91. The van der Waals surface area contributed by atoms with Crippen LogP contribution < -0.4 is 15.4 Å². The fourth-order valence-electron chi connectivity index (χ4n) is 2.66. The van der Waals surface area contributed by atoms with E-state index in [9.17, 15) is 18.0 Å². The van der Waals surface area contributed by atoms with Crippen molar-refractivity contribution in [3.05, 3.63) is 54.1 Å². The molecule has 0 saturated carbocycles. The Morgan fingerprint density at radius 1 is 1.18 bits per heavy atom. The van der Waals surface area contributed by atoms with Gasteiger partial charge in [0, 0.05) is 24.7 Å². The lowest BCUT2D eigenvalue weighted by atomic mass is 10.2. The van der Waals surface area contributed by atoms with Gasteiger partial charge in [-0.25, -0.2) is 0 Å². The lowest BCUT2D eigenvalue weighted by molar-refractivity contribution is -0.137. The van der Waals surface area contributed by atoms with Crippen LogP contribution in [0.15, 0.2) is 48.5 Å². The minimum absolute atomic E-state index is 0. The molecule has 2 aromatic rings. The van der Waals surface area contributed by atoms with Crippen LogP contribution in [0.1, 0.15) is 12.0 Å². The Balaban J connectivity index is 0.00000280. The summed E-state index contributed by atoms with van der Waals surface area (Å²) in [5.41, 5.74) is -0.197. The Hall–Kier alpha value is -2.29. The van der Waals surface area contributed by atoms with Crippen LogP contribution in [0, 0.1) is 0 Å². The van der Waals surface area contributed by atoms with E-state index in [4.69, 9.17) is 9.47 Å². The number of alkyl halides is 3. The Morgan fingerprint density at radius 3 is 2.57 bits per heavy atom. The molecule has 1 saturated heterocycles. The third-order valence-electron chi connectivity index (χ3n) is 3.97. The lowest BCUT2D eigenvalue weighted by Gasteiger charge is -2.23. The van der Waals surface area contributed by atoms with Gasteiger partial charge in [-0.3, -0.25) is 4.79 Å². The molecule has 1 amide bonds. The first-order chi connectivity index (χ1) is 12.9. The van der Waals surface area contributed by atoms with Gasteiger partial charge in [0.05, 0.1) is 18.8 Å². The van der Waals surface area contributed by atoms with Gasteiger partial charge in [0.25, 0.3) is 0 Å². The summed E-state index contributed by atoms with van der Waals surface area (Å²) in [6.07, 6.45) is -4.13. The van der Waals surface area contributed by atoms with Gasteiger partial charge in [-0.1, -0.05) is 6.07 Å². The summed E-state index contributed by atoms with van der Waals surface area (Å²) in [5, 5.41) is 5.97. The van der Waals surface area contributed by atoms with Gasteiger partial charge in [0.2, 0.25) is 5.91 Å². The first kappa shape index (κ1) is 22.0. The Kier molecular flexibility index (Phi) is 7.68. The molecule has 9 heteroatoms. The number of carbonyl (C=O) groups excluding carboxylic acids is 1. The zero-order valence-corrected chi connectivity index (χ0v) is 15.6. The summed E-state index contributed by atoms with van der Waals surface area (Å²) in [4.78, 5) is 12.0. The van der Waals surface area contributed by atoms with Crippen LogP contribution in [0.5, 0.6) is 11.5 Å². The number of anilines is 1. The molecule has 152 valence electrons. The van der Waals surface area contributed by atoms with E-state index in [-0.39, 0.29) is 30.1 Å². The number of halogens is 4. The highest BCUT2D eigenvalue weighted by Crippen LogP contribution is 2.32. The SMILES string of the molecule is Cl.O=C(CC1COCCN1)Nc1ccc(Oc2cccc(C(F)(F)F)c2)cc1. The molecule has 1 atom stereocenters. The number of benzene rings is 2. The summed E-state index contributed by atoms with van der Waals surface area (Å²) in [7, 11) is 0. The van der Waals surface area contributed by atoms with E-state index in [1.54, 1.807) is 24.3 Å². The molecule has 1 heterocycles. The van der Waals surface area contributed by atoms with Crippen LogP contribution in [0.25, 0.3) is 0 Å². The van der Waals surface area contributed by atoms with Crippen molar-refractivity contribution >= 4 is 24.0 Å². The molecule has 5 nitrogen and oxygen atoms in total. The molecule has 1 aliphatic heterocycles. The zero-order chi connectivity index (χ0) is 19.3. The number of rotatable bonds is 5. The Morgan fingerprint density at radius 2 is 1.93 bits per heavy atom. The molecule has 28 heavy (non-hydrogen) atoms. The maximum Gasteiger partial charge on any atom is 0.416 e. The minimum atomic E-state index is -4.42. The summed E-state index contributed by atoms with van der Waals surface area (Å²) in [6.45, 7) is 1.86. The molecule has 2 aromatic carbocycles. The molecular formula is C19H20ClF3N2O3. The number of ether oxygens (including phenoxy) is 2. The summed E-state index contributed by atoms with van der Waals surface area (Å²) in [5.74, 6) is 0.309. The topological polar surface area (TPSA) is 59.6 Å². The molecule has 1 aliphatic rings. The quantitative estimate of drug-likeness (QED) is 0.765. The highest BCUT2D eigenvalue weighted by Gasteiger charge is 2.30. The van der Waals surface area contributed by atoms with Crippen molar-refractivity contribution in [2.24, 2.45) is 0 Å². The van der Waals surface area contributed by atoms with Crippen LogP contribution in [0.4, 0.5) is 18.9 Å². The Labute approximate surface area is 166 Å². The molecule has 0 aliphatic carbocycles. The molecule has 0 radical (unpaired) electrons. The minimum Gasteiger partial charge on any atom is -0.457 e. The third-order valence-corrected chi connectivity index (χ3v) is 3.97. The average Bonchev–Trinajstić information content (AvgIpc) is 2.64. The fraction of sp³-hybridized carbons (Fsp3) is 0.316. The van der Waals surface area contributed by atoms with Gasteiger partial charge >= 0.3 is 6.18 Å². The predicted octanol–water partition coefficient (Wildman–Crippen LogP) is 4.24. The Bertz CT molecular complexity index is 779. The number of hydrogen-bond acceptors (Lipinski definition) is 4. The number of nitrogens with one attached hydrogen (secondary N) is 2. The largest absolute Gasteiger partial charge is 0.457 e. The second kappa shape index (κ2) is 9.77. The van der Waals surface area contributed by atoms with Crippen LogP contribution in [-0.2, 0) is 15.7 Å². The normalized spacial score (nSPS) is 16.8. The summed E-state index contributed by atoms with van der Waals surface area (Å²) >= 11 is 0. The van der Waals surface area contributed by atoms with Crippen LogP contribution in [0.2, 0.25) is 0 Å². The molecule has 2 N–H and O–H groups in total.